The molecule has 0 saturated carbocycles. The molecule has 3 aromatic carbocycles. The van der Waals surface area contributed by atoms with Gasteiger partial charge in [0.1, 0.15) is 0 Å². The molecule has 5 nitrogen and oxygen atoms in total. The van der Waals surface area contributed by atoms with Crippen molar-refractivity contribution in [1.29, 1.82) is 0 Å². The molecule has 1 atom stereocenters. The summed E-state index contributed by atoms with van der Waals surface area (Å²) in [4.78, 5) is 13.2. The fourth-order valence-electron chi connectivity index (χ4n) is 3.59. The third-order valence-electron chi connectivity index (χ3n) is 5.49. The molecule has 0 radical (unpaired) electrons. The molecule has 31 heavy (non-hydrogen) atoms. The molecule has 0 heterocycles. The van der Waals surface area contributed by atoms with Crippen molar-refractivity contribution >= 4 is 21.6 Å². The zero-order chi connectivity index (χ0) is 22.6. The number of sulfonamides is 1. The van der Waals surface area contributed by atoms with Crippen LogP contribution < -0.4 is 9.62 Å². The first-order chi connectivity index (χ1) is 14.8. The highest BCUT2D eigenvalue weighted by atomic mass is 32.2. The molecule has 0 aliphatic heterocycles. The lowest BCUT2D eigenvalue weighted by atomic mass is 9.99. The van der Waals surface area contributed by atoms with Crippen LogP contribution in [0, 0.1) is 13.8 Å². The summed E-state index contributed by atoms with van der Waals surface area (Å²) in [5.41, 5.74) is 3.86. The van der Waals surface area contributed by atoms with Crippen molar-refractivity contribution in [2.75, 3.05) is 11.4 Å². The zero-order valence-corrected chi connectivity index (χ0v) is 19.1. The van der Waals surface area contributed by atoms with E-state index in [0.717, 1.165) is 23.1 Å². The van der Waals surface area contributed by atoms with E-state index >= 15 is 0 Å². The lowest BCUT2D eigenvalue weighted by Gasteiger charge is -2.23. The Bertz CT molecular complexity index is 1170. The van der Waals surface area contributed by atoms with Gasteiger partial charge in [-0.15, -0.1) is 0 Å². The molecule has 0 aliphatic carbocycles. The smallest absolute Gasteiger partial charge is 0.264 e. The summed E-state index contributed by atoms with van der Waals surface area (Å²) in [7, 11) is -2.22. The minimum atomic E-state index is -3.73. The Kier molecular flexibility index (Phi) is 6.81. The highest BCUT2D eigenvalue weighted by Gasteiger charge is 2.24. The number of hydrogen-bond donors (Lipinski definition) is 1. The summed E-state index contributed by atoms with van der Waals surface area (Å²) in [5.74, 6) is -0.234. The predicted octanol–water partition coefficient (Wildman–Crippen LogP) is 5.01. The number of aryl methyl sites for hydroxylation is 2. The van der Waals surface area contributed by atoms with Gasteiger partial charge >= 0.3 is 0 Å². The molecule has 162 valence electrons. The summed E-state index contributed by atoms with van der Waals surface area (Å²) in [6.07, 6.45) is 0.748. The Labute approximate surface area is 184 Å². The van der Waals surface area contributed by atoms with Gasteiger partial charge in [-0.05, 0) is 61.2 Å². The molecule has 1 N–H and O–H groups in total. The molecule has 0 bridgehead atoms. The summed E-state index contributed by atoms with van der Waals surface area (Å²) < 4.78 is 27.3. The topological polar surface area (TPSA) is 66.5 Å². The first-order valence-electron chi connectivity index (χ1n) is 10.3. The molecule has 0 aliphatic rings. The second-order valence-electron chi connectivity index (χ2n) is 7.58. The van der Waals surface area contributed by atoms with Gasteiger partial charge in [0.05, 0.1) is 16.6 Å². The summed E-state index contributed by atoms with van der Waals surface area (Å²) in [6.45, 7) is 5.88. The maximum absolute atomic E-state index is 13.0. The predicted molar refractivity (Wildman–Crippen MR) is 125 cm³/mol. The Balaban J connectivity index is 1.90. The van der Waals surface area contributed by atoms with Crippen molar-refractivity contribution in [3.8, 4) is 0 Å². The average molecular weight is 437 g/mol. The highest BCUT2D eigenvalue weighted by Crippen LogP contribution is 2.27. The van der Waals surface area contributed by atoms with Crippen molar-refractivity contribution in [3.63, 3.8) is 0 Å². The molecule has 0 spiro atoms. The number of carbonyl (C=O) groups excluding carboxylic acids is 1. The van der Waals surface area contributed by atoms with Crippen LogP contribution in [0.4, 0.5) is 5.69 Å². The van der Waals surface area contributed by atoms with Crippen molar-refractivity contribution in [2.45, 2.75) is 38.1 Å². The van der Waals surface area contributed by atoms with Crippen molar-refractivity contribution < 1.29 is 13.2 Å². The first kappa shape index (κ1) is 22.6. The van der Waals surface area contributed by atoms with Crippen LogP contribution in [-0.4, -0.2) is 21.4 Å². The van der Waals surface area contributed by atoms with Crippen LogP contribution in [0.3, 0.4) is 0 Å². The monoisotopic (exact) mass is 436 g/mol. The molecule has 3 rings (SSSR count). The Hall–Kier alpha value is -3.12. The second-order valence-corrected chi connectivity index (χ2v) is 9.55. The maximum atomic E-state index is 13.0. The van der Waals surface area contributed by atoms with E-state index in [-0.39, 0.29) is 16.8 Å². The van der Waals surface area contributed by atoms with Crippen LogP contribution in [0.2, 0.25) is 0 Å². The standard InChI is InChI=1S/C25H28N2O3S/c1-5-23(22-14-10-9-11-18(22)2)26-25(28)20-16-15-19(3)24(17-20)27(4)31(29,30)21-12-7-6-8-13-21/h6-17,23H,5H2,1-4H3,(H,26,28)/t23-/m0/s1. The maximum Gasteiger partial charge on any atom is 0.264 e. The molecule has 1 amide bonds. The van der Waals surface area contributed by atoms with Crippen LogP contribution in [0.1, 0.15) is 46.4 Å². The normalized spacial score (nSPS) is 12.3. The number of anilines is 1. The van der Waals surface area contributed by atoms with Crippen molar-refractivity contribution in [1.82, 2.24) is 5.32 Å². The van der Waals surface area contributed by atoms with Gasteiger partial charge in [-0.25, -0.2) is 8.42 Å². The lowest BCUT2D eigenvalue weighted by Crippen LogP contribution is -2.30. The molecule has 6 heteroatoms. The molecular weight excluding hydrogens is 408 g/mol. The summed E-state index contributed by atoms with van der Waals surface area (Å²) >= 11 is 0. The fourth-order valence-corrected chi connectivity index (χ4v) is 4.86. The van der Waals surface area contributed by atoms with Gasteiger partial charge < -0.3 is 5.32 Å². The van der Waals surface area contributed by atoms with Crippen molar-refractivity contribution in [3.05, 3.63) is 95.1 Å². The van der Waals surface area contributed by atoms with Crippen LogP contribution in [0.25, 0.3) is 0 Å². The third kappa shape index (κ3) is 4.80. The summed E-state index contributed by atoms with van der Waals surface area (Å²) in [6, 6.07) is 21.3. The average Bonchev–Trinajstić information content (AvgIpc) is 2.78. The second kappa shape index (κ2) is 9.35. The van der Waals surface area contributed by atoms with E-state index in [4.69, 9.17) is 0 Å². The lowest BCUT2D eigenvalue weighted by molar-refractivity contribution is 0.0935. The van der Waals surface area contributed by atoms with Gasteiger partial charge in [0.15, 0.2) is 0 Å². The summed E-state index contributed by atoms with van der Waals surface area (Å²) in [5, 5.41) is 3.09. The fraction of sp³-hybridized carbons (Fsp3) is 0.240. The zero-order valence-electron chi connectivity index (χ0n) is 18.3. The minimum absolute atomic E-state index is 0.121. The highest BCUT2D eigenvalue weighted by molar-refractivity contribution is 7.92. The van der Waals surface area contributed by atoms with E-state index in [1.807, 2.05) is 45.0 Å². The van der Waals surface area contributed by atoms with E-state index in [2.05, 4.69) is 5.32 Å². The quantitative estimate of drug-likeness (QED) is 0.566. The van der Waals surface area contributed by atoms with Gasteiger partial charge in [-0.2, -0.15) is 0 Å². The third-order valence-corrected chi connectivity index (χ3v) is 7.28. The van der Waals surface area contributed by atoms with E-state index < -0.39 is 10.0 Å². The number of nitrogens with one attached hydrogen (secondary N) is 1. The van der Waals surface area contributed by atoms with Gasteiger partial charge in [-0.3, -0.25) is 9.10 Å². The molecular formula is C25H28N2O3S. The molecule has 0 unspecified atom stereocenters. The van der Waals surface area contributed by atoms with Gasteiger partial charge in [0.25, 0.3) is 15.9 Å². The number of hydrogen-bond acceptors (Lipinski definition) is 3. The molecule has 0 fully saturated rings. The first-order valence-corrected chi connectivity index (χ1v) is 11.7. The number of benzene rings is 3. The van der Waals surface area contributed by atoms with Crippen LogP contribution >= 0.6 is 0 Å². The van der Waals surface area contributed by atoms with Crippen molar-refractivity contribution in [2.24, 2.45) is 0 Å². The van der Waals surface area contributed by atoms with E-state index in [1.54, 1.807) is 48.5 Å². The molecule has 3 aromatic rings. The molecule has 0 saturated heterocycles. The number of carbonyl (C=O) groups is 1. The Morgan fingerprint density at radius 3 is 2.23 bits per heavy atom. The van der Waals surface area contributed by atoms with Crippen LogP contribution in [0.5, 0.6) is 0 Å². The Morgan fingerprint density at radius 2 is 1.58 bits per heavy atom. The largest absolute Gasteiger partial charge is 0.345 e. The number of rotatable bonds is 7. The van der Waals surface area contributed by atoms with Gasteiger partial charge in [0, 0.05) is 12.6 Å². The molecule has 0 aromatic heterocycles. The van der Waals surface area contributed by atoms with Gasteiger partial charge in [0.2, 0.25) is 0 Å². The SMILES string of the molecule is CC[C@H](NC(=O)c1ccc(C)c(N(C)S(=O)(=O)c2ccccc2)c1)c1ccccc1C. The van der Waals surface area contributed by atoms with Crippen LogP contribution in [0.15, 0.2) is 77.7 Å². The van der Waals surface area contributed by atoms with Crippen LogP contribution in [-0.2, 0) is 10.0 Å². The minimum Gasteiger partial charge on any atom is -0.345 e. The number of amides is 1. The van der Waals surface area contributed by atoms with Gasteiger partial charge in [-0.1, -0.05) is 55.5 Å². The number of nitrogens with zero attached hydrogens (tertiary/aromatic N) is 1. The van der Waals surface area contributed by atoms with E-state index in [9.17, 15) is 13.2 Å². The Morgan fingerprint density at radius 1 is 0.935 bits per heavy atom. The van der Waals surface area contributed by atoms with E-state index in [1.165, 1.54) is 11.4 Å². The van der Waals surface area contributed by atoms with E-state index in [0.29, 0.717) is 11.3 Å².